The van der Waals surface area contributed by atoms with Gasteiger partial charge in [0.25, 0.3) is 5.91 Å². The Labute approximate surface area is 254 Å². The summed E-state index contributed by atoms with van der Waals surface area (Å²) in [5.74, 6) is -2.96. The summed E-state index contributed by atoms with van der Waals surface area (Å²) >= 11 is 0. The van der Waals surface area contributed by atoms with Crippen LogP contribution in [0.25, 0.3) is 5.57 Å². The lowest BCUT2D eigenvalue weighted by Crippen LogP contribution is -2.55. The van der Waals surface area contributed by atoms with Crippen molar-refractivity contribution in [3.8, 4) is 0 Å². The number of amides is 3. The number of carbonyl (C=O) groups excluding carboxylic acids is 4. The third-order valence-electron chi connectivity index (χ3n) is 6.55. The van der Waals surface area contributed by atoms with Gasteiger partial charge < -0.3 is 14.8 Å². The van der Waals surface area contributed by atoms with E-state index in [1.807, 2.05) is 18.2 Å². The molecular weight excluding hydrogens is 546 g/mol. The average molecular weight is 588 g/mol. The van der Waals surface area contributed by atoms with E-state index >= 15 is 0 Å². The Morgan fingerprint density at radius 2 is 1.81 bits per heavy atom. The second kappa shape index (κ2) is 15.1. The van der Waals surface area contributed by atoms with Gasteiger partial charge in [-0.3, -0.25) is 15.0 Å². The Kier molecular flexibility index (Phi) is 11.5. The lowest BCUT2D eigenvalue weighted by Gasteiger charge is -2.25. The molecule has 228 valence electrons. The zero-order chi connectivity index (χ0) is 31.6. The van der Waals surface area contributed by atoms with Crippen LogP contribution in [0.5, 0.6) is 0 Å². The molecule has 0 saturated heterocycles. The summed E-state index contributed by atoms with van der Waals surface area (Å²) < 4.78 is 10.7. The maximum Gasteiger partial charge on any atom is 0.428 e. The van der Waals surface area contributed by atoms with Crippen molar-refractivity contribution in [1.29, 1.82) is 0 Å². The Hall–Kier alpha value is -4.58. The van der Waals surface area contributed by atoms with Gasteiger partial charge in [-0.05, 0) is 74.1 Å². The number of allylic oxidation sites excluding steroid dienone is 3. The molecule has 2 aromatic carbocycles. The van der Waals surface area contributed by atoms with Crippen LogP contribution < -0.4 is 10.7 Å². The number of rotatable bonds is 6. The van der Waals surface area contributed by atoms with Gasteiger partial charge in [-0.1, -0.05) is 74.4 Å². The van der Waals surface area contributed by atoms with Crippen molar-refractivity contribution in [3.63, 3.8) is 0 Å². The molecule has 0 aliphatic heterocycles. The highest BCUT2D eigenvalue weighted by Gasteiger charge is 2.33. The molecule has 2 aliphatic rings. The van der Waals surface area contributed by atoms with Gasteiger partial charge in [0.05, 0.1) is 0 Å². The standard InChI is InChI=1S/C31H33N3O6.C3H8/c1-31(2,3)40-29(37)28(36)32-26(18-20-12-6-5-7-13-20)27(35)33-34(4)30(38)39-19-25-23-16-10-8-14-21(23)22-15-9-11-17-24(22)25;1-3-2/h6,8-10,12-16,25-26H,11,17-19H2,1-4H3,(H,32,36)(H,33,35);3H2,1-2H3/t25?,26-;/m0./s1. The van der Waals surface area contributed by atoms with Crippen LogP contribution in [0.4, 0.5) is 4.79 Å². The lowest BCUT2D eigenvalue weighted by molar-refractivity contribution is -0.163. The normalized spacial score (nSPS) is 15.4. The molecule has 0 saturated carbocycles. The number of nitrogens with one attached hydrogen (secondary N) is 2. The predicted molar refractivity (Wildman–Crippen MR) is 163 cm³/mol. The van der Waals surface area contributed by atoms with E-state index in [1.54, 1.807) is 39.0 Å². The van der Waals surface area contributed by atoms with Crippen LogP contribution in [-0.2, 0) is 30.3 Å². The highest BCUT2D eigenvalue weighted by atomic mass is 16.6. The van der Waals surface area contributed by atoms with Crippen LogP contribution >= 0.6 is 0 Å². The molecule has 9 heteroatoms. The van der Waals surface area contributed by atoms with Crippen LogP contribution in [0.1, 0.15) is 76.5 Å². The van der Waals surface area contributed by atoms with Crippen molar-refractivity contribution in [2.75, 3.05) is 13.7 Å². The molecule has 0 radical (unpaired) electrons. The van der Waals surface area contributed by atoms with Gasteiger partial charge in [-0.15, -0.1) is 0 Å². The maximum absolute atomic E-state index is 13.2. The molecular formula is C34H41N3O6. The van der Waals surface area contributed by atoms with E-state index in [0.717, 1.165) is 29.0 Å². The molecule has 43 heavy (non-hydrogen) atoms. The molecule has 2 aromatic rings. The summed E-state index contributed by atoms with van der Waals surface area (Å²) in [5.41, 5.74) is 6.92. The van der Waals surface area contributed by atoms with Gasteiger partial charge >= 0.3 is 18.0 Å². The molecule has 0 fully saturated rings. The SMILES string of the molecule is CCC.CN(NC(=O)[C@H](Cc1cc#ccc1)NC(=O)C(=O)OC(C)(C)C)C(=O)OCC1C2=C(C=CCC2)c2ccccc21. The maximum atomic E-state index is 13.2. The summed E-state index contributed by atoms with van der Waals surface area (Å²) in [6, 6.07) is 17.4. The first-order chi connectivity index (χ1) is 20.4. The topological polar surface area (TPSA) is 114 Å². The van der Waals surface area contributed by atoms with E-state index in [4.69, 9.17) is 9.47 Å². The summed E-state index contributed by atoms with van der Waals surface area (Å²) in [4.78, 5) is 50.8. The van der Waals surface area contributed by atoms with Crippen LogP contribution in [0, 0.1) is 12.1 Å². The van der Waals surface area contributed by atoms with Gasteiger partial charge in [-0.25, -0.2) is 14.6 Å². The van der Waals surface area contributed by atoms with E-state index in [0.29, 0.717) is 5.56 Å². The van der Waals surface area contributed by atoms with Crippen molar-refractivity contribution in [3.05, 3.63) is 89.0 Å². The van der Waals surface area contributed by atoms with Gasteiger partial charge in [0.15, 0.2) is 0 Å². The first-order valence-electron chi connectivity index (χ1n) is 14.6. The average Bonchev–Trinajstić information content (AvgIpc) is 3.29. The summed E-state index contributed by atoms with van der Waals surface area (Å²) in [7, 11) is 1.36. The zero-order valence-corrected chi connectivity index (χ0v) is 25.8. The Morgan fingerprint density at radius 3 is 2.49 bits per heavy atom. The number of hydrogen-bond donors (Lipinski definition) is 2. The van der Waals surface area contributed by atoms with E-state index in [1.165, 1.54) is 24.6 Å². The monoisotopic (exact) mass is 587 g/mol. The molecule has 0 spiro atoms. The molecule has 3 amide bonds. The third kappa shape index (κ3) is 9.20. The van der Waals surface area contributed by atoms with Crippen LogP contribution in [0.3, 0.4) is 0 Å². The first-order valence-corrected chi connectivity index (χ1v) is 14.6. The fourth-order valence-corrected chi connectivity index (χ4v) is 4.76. The van der Waals surface area contributed by atoms with Crippen molar-refractivity contribution >= 4 is 29.5 Å². The van der Waals surface area contributed by atoms with E-state index in [-0.39, 0.29) is 18.9 Å². The fourth-order valence-electron chi connectivity index (χ4n) is 4.76. The predicted octanol–water partition coefficient (Wildman–Crippen LogP) is 5.07. The highest BCUT2D eigenvalue weighted by Crippen LogP contribution is 2.46. The second-order valence-electron chi connectivity index (χ2n) is 11.4. The summed E-state index contributed by atoms with van der Waals surface area (Å²) in [6.07, 6.45) is 6.63. The largest absolute Gasteiger partial charge is 0.453 e. The minimum absolute atomic E-state index is 0.0394. The van der Waals surface area contributed by atoms with Gasteiger partial charge in [-0.2, -0.15) is 0 Å². The highest BCUT2D eigenvalue weighted by molar-refractivity contribution is 6.33. The minimum atomic E-state index is -1.19. The number of hydrazine groups is 1. The van der Waals surface area contributed by atoms with Gasteiger partial charge in [0, 0.05) is 19.4 Å². The zero-order valence-electron chi connectivity index (χ0n) is 25.8. The van der Waals surface area contributed by atoms with Gasteiger partial charge in [0.1, 0.15) is 18.2 Å². The number of fused-ring (bicyclic) bond motifs is 2. The smallest absolute Gasteiger partial charge is 0.428 e. The van der Waals surface area contributed by atoms with E-state index < -0.39 is 35.5 Å². The van der Waals surface area contributed by atoms with Crippen LogP contribution in [0.2, 0.25) is 0 Å². The summed E-state index contributed by atoms with van der Waals surface area (Å²) in [6.45, 7) is 9.26. The molecule has 2 aliphatic carbocycles. The Bertz CT molecular complexity index is 1360. The molecule has 9 nitrogen and oxygen atoms in total. The number of hydrogen-bond acceptors (Lipinski definition) is 6. The number of ether oxygens (including phenoxy) is 2. The molecule has 0 aromatic heterocycles. The Balaban J connectivity index is 0.00000162. The first kappa shape index (κ1) is 32.9. The molecule has 4 rings (SSSR count). The molecule has 1 unspecified atom stereocenters. The number of carbonyl (C=O) groups is 4. The minimum Gasteiger partial charge on any atom is -0.453 e. The lowest BCUT2D eigenvalue weighted by atomic mass is 9.91. The van der Waals surface area contributed by atoms with E-state index in [9.17, 15) is 19.2 Å². The quantitative estimate of drug-likeness (QED) is 0.277. The molecule has 0 heterocycles. The Morgan fingerprint density at radius 1 is 1.09 bits per heavy atom. The second-order valence-corrected chi connectivity index (χ2v) is 11.4. The van der Waals surface area contributed by atoms with Crippen LogP contribution in [0.15, 0.2) is 60.2 Å². The number of nitrogens with zero attached hydrogens (tertiary/aromatic N) is 1. The molecule has 2 N–H and O–H groups in total. The van der Waals surface area contributed by atoms with Crippen LogP contribution in [-0.4, -0.2) is 54.2 Å². The fraction of sp³-hybridized carbons (Fsp3) is 0.412. The number of esters is 1. The van der Waals surface area contributed by atoms with Crippen molar-refractivity contribution in [1.82, 2.24) is 15.8 Å². The molecule has 2 atom stereocenters. The third-order valence-corrected chi connectivity index (χ3v) is 6.55. The molecule has 0 bridgehead atoms. The van der Waals surface area contributed by atoms with Crippen molar-refractivity contribution < 1.29 is 28.7 Å². The number of benzene rings is 1. The van der Waals surface area contributed by atoms with Crippen molar-refractivity contribution in [2.24, 2.45) is 0 Å². The van der Waals surface area contributed by atoms with Gasteiger partial charge in [0.2, 0.25) is 0 Å². The van der Waals surface area contributed by atoms with E-state index in [2.05, 4.69) is 54.9 Å². The van der Waals surface area contributed by atoms with Crippen molar-refractivity contribution in [2.45, 2.75) is 77.9 Å². The summed E-state index contributed by atoms with van der Waals surface area (Å²) in [5, 5.41) is 3.34.